The Labute approximate surface area is 583 Å². The van der Waals surface area contributed by atoms with E-state index in [0.29, 0.717) is 23.3 Å². The molecule has 10 heteroatoms. The lowest BCUT2D eigenvalue weighted by atomic mass is 9.33. The molecule has 20 rings (SSSR count). The van der Waals surface area contributed by atoms with E-state index in [9.17, 15) is 0 Å². The molecule has 0 saturated heterocycles. The van der Waals surface area contributed by atoms with Crippen molar-refractivity contribution in [1.29, 1.82) is 0 Å². The van der Waals surface area contributed by atoms with Gasteiger partial charge in [-0.15, -0.1) is 0 Å². The van der Waals surface area contributed by atoms with Gasteiger partial charge in [-0.05, 0) is 131 Å². The number of anilines is 6. The molecule has 0 bridgehead atoms. The van der Waals surface area contributed by atoms with Crippen LogP contribution < -0.4 is 26.2 Å². The van der Waals surface area contributed by atoms with Crippen molar-refractivity contribution >= 4 is 101 Å². The van der Waals surface area contributed by atoms with Crippen molar-refractivity contribution in [3.8, 4) is 90.6 Å². The first-order valence-electron chi connectivity index (χ1n) is 34.3. The van der Waals surface area contributed by atoms with Crippen LogP contribution in [0.2, 0.25) is 0 Å². The normalized spacial score (nSPS) is 12.3. The zero-order valence-corrected chi connectivity index (χ0v) is 54.6. The van der Waals surface area contributed by atoms with Crippen molar-refractivity contribution < 1.29 is 0 Å². The third-order valence-electron chi connectivity index (χ3n) is 20.1. The summed E-state index contributed by atoms with van der Waals surface area (Å²) in [7, 11) is 0. The molecule has 0 spiro atoms. The molecule has 6 heterocycles. The van der Waals surface area contributed by atoms with E-state index in [1.54, 1.807) is 0 Å². The maximum atomic E-state index is 5.86. The third kappa shape index (κ3) is 9.52. The summed E-state index contributed by atoms with van der Waals surface area (Å²) in [5.41, 5.74) is 25.8. The van der Waals surface area contributed by atoms with Crippen molar-refractivity contribution in [1.82, 2.24) is 34.1 Å². The second-order valence-corrected chi connectivity index (χ2v) is 25.9. The molecule has 9 nitrogen and oxygen atoms in total. The van der Waals surface area contributed by atoms with Crippen LogP contribution >= 0.6 is 0 Å². The Morgan fingerprint density at radius 3 is 1.30 bits per heavy atom. The molecule has 0 aliphatic carbocycles. The number of hydrogen-bond acceptors (Lipinski definition) is 7. The lowest BCUT2D eigenvalue weighted by molar-refractivity contribution is 1.07. The monoisotopic (exact) mass is 1290 g/mol. The third-order valence-corrected chi connectivity index (χ3v) is 20.1. The molecule has 0 atom stereocenters. The van der Waals surface area contributed by atoms with Gasteiger partial charge in [-0.2, -0.15) is 0 Å². The van der Waals surface area contributed by atoms with Gasteiger partial charge in [0.2, 0.25) is 0 Å². The van der Waals surface area contributed by atoms with E-state index < -0.39 is 0 Å². The predicted octanol–water partition coefficient (Wildman–Crippen LogP) is 20.6. The van der Waals surface area contributed by atoms with Crippen LogP contribution in [0.3, 0.4) is 0 Å². The van der Waals surface area contributed by atoms with Crippen molar-refractivity contribution in [2.75, 3.05) is 9.80 Å². The van der Waals surface area contributed by atoms with Crippen LogP contribution in [0.15, 0.2) is 352 Å². The second-order valence-electron chi connectivity index (χ2n) is 25.9. The Kier molecular flexibility index (Phi) is 13.5. The van der Waals surface area contributed by atoms with Gasteiger partial charge in [-0.1, -0.05) is 243 Å². The quantitative estimate of drug-likeness (QED) is 0.119. The molecule has 0 saturated carbocycles. The fraction of sp³-hybridized carbons (Fsp3) is 0. The van der Waals surface area contributed by atoms with Crippen LogP contribution in [0.1, 0.15) is 0 Å². The standard InChI is InChI=1S/C91H58BN9/c1-7-28-59(29-8-1)76-57-77(63-35-27-34-62(54-63)68-51-53-83-86-87(68)100(67-40-17-6-18-41-67)82-49-26-22-45-75(82)92(86)74-44-21-25-48-81(74)99(83)66-38-15-5-16-39-66)94-91(93-76)73-55-64(90-96-88(60-30-9-2-10-31-60)95-89(97-90)61-32-11-3-12-33-61)50-52-80(73)101-79-47-24-20-43-70(79)72-56-71-69-42-19-23-46-78(69)98(84(71)58-85(72)101)65-36-13-4-14-37-65/h1-58H. The number of rotatable bonds is 11. The Balaban J connectivity index is 0.838. The van der Waals surface area contributed by atoms with E-state index in [2.05, 4.69) is 310 Å². The minimum absolute atomic E-state index is 0.0553. The molecule has 2 aliphatic rings. The van der Waals surface area contributed by atoms with Crippen molar-refractivity contribution in [2.24, 2.45) is 0 Å². The van der Waals surface area contributed by atoms with Crippen molar-refractivity contribution in [3.05, 3.63) is 352 Å². The van der Waals surface area contributed by atoms with Gasteiger partial charge in [0.1, 0.15) is 0 Å². The number of aromatic nitrogens is 7. The number of fused-ring (bicyclic) bond motifs is 10. The Hall–Kier alpha value is -13.6. The molecule has 0 unspecified atom stereocenters. The maximum absolute atomic E-state index is 5.86. The maximum Gasteiger partial charge on any atom is 0.252 e. The molecule has 0 fully saturated rings. The Morgan fingerprint density at radius 2 is 0.683 bits per heavy atom. The fourth-order valence-corrected chi connectivity index (χ4v) is 15.7. The Bertz CT molecular complexity index is 6210. The van der Waals surface area contributed by atoms with E-state index in [1.807, 2.05) is 60.7 Å². The van der Waals surface area contributed by atoms with Gasteiger partial charge in [-0.3, -0.25) is 0 Å². The SMILES string of the molecule is c1ccc(-c2cc(-c3cccc(-c4ccc5c6c4N(c4ccccc4)c4ccccc4B6c4ccccc4N5c4ccccc4)c3)nc(-c3cc(-c4nc(-c5ccccc5)nc(-c5ccccc5)n4)ccc3-n3c4ccccc4c4cc5c6ccccc6n(-c6ccccc6)c5cc43)n2)cc1. The molecular formula is C91H58BN9. The summed E-state index contributed by atoms with van der Waals surface area (Å²) in [6, 6.07) is 126. The number of hydrogen-bond donors (Lipinski definition) is 0. The summed E-state index contributed by atoms with van der Waals surface area (Å²) >= 11 is 0. The summed E-state index contributed by atoms with van der Waals surface area (Å²) in [5, 5.41) is 4.63. The fourth-order valence-electron chi connectivity index (χ4n) is 15.7. The van der Waals surface area contributed by atoms with Gasteiger partial charge in [0.05, 0.1) is 44.8 Å². The molecule has 0 radical (unpaired) electrons. The van der Waals surface area contributed by atoms with Crippen LogP contribution in [-0.2, 0) is 0 Å². The molecule has 470 valence electrons. The van der Waals surface area contributed by atoms with E-state index >= 15 is 0 Å². The molecule has 14 aromatic carbocycles. The smallest absolute Gasteiger partial charge is 0.252 e. The highest BCUT2D eigenvalue weighted by atomic mass is 15.2. The van der Waals surface area contributed by atoms with E-state index in [0.717, 1.165) is 129 Å². The van der Waals surface area contributed by atoms with Gasteiger partial charge in [0.15, 0.2) is 23.3 Å². The van der Waals surface area contributed by atoms with E-state index in [4.69, 9.17) is 24.9 Å². The minimum atomic E-state index is -0.0553. The summed E-state index contributed by atoms with van der Waals surface area (Å²) in [5.74, 6) is 2.20. The number of nitrogens with zero attached hydrogens (tertiary/aromatic N) is 9. The van der Waals surface area contributed by atoms with Crippen LogP contribution in [0.4, 0.5) is 34.1 Å². The minimum Gasteiger partial charge on any atom is -0.311 e. The first-order valence-corrected chi connectivity index (χ1v) is 34.3. The van der Waals surface area contributed by atoms with Gasteiger partial charge in [0, 0.05) is 94.6 Å². The van der Waals surface area contributed by atoms with E-state index in [1.165, 1.54) is 32.8 Å². The predicted molar refractivity (Wildman–Crippen MR) is 416 cm³/mol. The van der Waals surface area contributed by atoms with Crippen LogP contribution in [0.5, 0.6) is 0 Å². The largest absolute Gasteiger partial charge is 0.311 e. The van der Waals surface area contributed by atoms with Gasteiger partial charge in [0.25, 0.3) is 6.71 Å². The summed E-state index contributed by atoms with van der Waals surface area (Å²) in [6.45, 7) is -0.0553. The van der Waals surface area contributed by atoms with Gasteiger partial charge in [-0.25, -0.2) is 24.9 Å². The molecular weight excluding hydrogens is 1230 g/mol. The van der Waals surface area contributed by atoms with E-state index in [-0.39, 0.29) is 6.71 Å². The molecule has 101 heavy (non-hydrogen) atoms. The summed E-state index contributed by atoms with van der Waals surface area (Å²) < 4.78 is 4.81. The molecule has 18 aromatic rings. The van der Waals surface area contributed by atoms with Crippen LogP contribution in [0, 0.1) is 0 Å². The zero-order valence-electron chi connectivity index (χ0n) is 54.6. The molecule has 0 N–H and O–H groups in total. The molecule has 0 amide bonds. The summed E-state index contributed by atoms with van der Waals surface area (Å²) in [4.78, 5) is 32.3. The first kappa shape index (κ1) is 57.7. The average molecular weight is 1290 g/mol. The van der Waals surface area contributed by atoms with Gasteiger partial charge < -0.3 is 18.9 Å². The number of benzene rings is 14. The topological polar surface area (TPSA) is 80.8 Å². The molecule has 2 aliphatic heterocycles. The average Bonchev–Trinajstić information content (AvgIpc) is 1.72. The van der Waals surface area contributed by atoms with Gasteiger partial charge >= 0.3 is 0 Å². The zero-order chi connectivity index (χ0) is 66.5. The first-order chi connectivity index (χ1) is 50.1. The van der Waals surface area contributed by atoms with Crippen LogP contribution in [0.25, 0.3) is 134 Å². The Morgan fingerprint density at radius 1 is 0.228 bits per heavy atom. The van der Waals surface area contributed by atoms with Crippen LogP contribution in [-0.4, -0.2) is 40.8 Å². The number of para-hydroxylation sites is 7. The highest BCUT2D eigenvalue weighted by Crippen LogP contribution is 2.49. The highest BCUT2D eigenvalue weighted by molar-refractivity contribution is 7.00. The van der Waals surface area contributed by atoms with Crippen molar-refractivity contribution in [3.63, 3.8) is 0 Å². The van der Waals surface area contributed by atoms with Crippen molar-refractivity contribution in [2.45, 2.75) is 0 Å². The highest BCUT2D eigenvalue weighted by Gasteiger charge is 2.44. The molecule has 4 aromatic heterocycles. The lowest BCUT2D eigenvalue weighted by Gasteiger charge is -2.45. The second kappa shape index (κ2) is 23.6. The summed E-state index contributed by atoms with van der Waals surface area (Å²) in [6.07, 6.45) is 0. The lowest BCUT2D eigenvalue weighted by Crippen LogP contribution is -2.61.